The zero-order valence-corrected chi connectivity index (χ0v) is 15.5. The number of ether oxygens (including phenoxy) is 2. The van der Waals surface area contributed by atoms with Gasteiger partial charge in [-0.2, -0.15) is 5.10 Å². The third-order valence-electron chi connectivity index (χ3n) is 4.12. The Labute approximate surface area is 162 Å². The van der Waals surface area contributed by atoms with Crippen LogP contribution in [0, 0.1) is 5.82 Å². The molecule has 0 spiro atoms. The highest BCUT2D eigenvalue weighted by atomic mass is 19.1. The van der Waals surface area contributed by atoms with Crippen LogP contribution in [0.25, 0.3) is 0 Å². The van der Waals surface area contributed by atoms with Crippen molar-refractivity contribution in [2.45, 2.75) is 25.7 Å². The fourth-order valence-electron chi connectivity index (χ4n) is 2.53. The molecule has 9 heteroatoms. The van der Waals surface area contributed by atoms with Gasteiger partial charge in [0.2, 0.25) is 0 Å². The Bertz CT molecular complexity index is 844. The lowest BCUT2D eigenvalue weighted by molar-refractivity contribution is 0.202. The highest BCUT2D eigenvalue weighted by Gasteiger charge is 2.23. The highest BCUT2D eigenvalue weighted by molar-refractivity contribution is 5.80. The zero-order chi connectivity index (χ0) is 19.9. The first-order chi connectivity index (χ1) is 13.5. The van der Waals surface area contributed by atoms with Crippen molar-refractivity contribution in [3.05, 3.63) is 59.4 Å². The van der Waals surface area contributed by atoms with E-state index in [1.807, 2.05) is 13.0 Å². The van der Waals surface area contributed by atoms with Crippen molar-refractivity contribution < 1.29 is 18.7 Å². The molecule has 3 rings (SSSR count). The van der Waals surface area contributed by atoms with Crippen LogP contribution in [-0.2, 0) is 6.61 Å². The maximum Gasteiger partial charge on any atom is 0.330 e. The maximum absolute atomic E-state index is 13.0. The summed E-state index contributed by atoms with van der Waals surface area (Å²) >= 11 is 0. The van der Waals surface area contributed by atoms with Crippen LogP contribution >= 0.6 is 0 Å². The number of urea groups is 1. The first-order valence-corrected chi connectivity index (χ1v) is 8.71. The van der Waals surface area contributed by atoms with Gasteiger partial charge in [-0.3, -0.25) is 10.9 Å². The number of hydrogen-bond donors (Lipinski definition) is 4. The SMILES string of the molecule is COc1cc(/C=N/NC2NC(=O)NNC2C)ccc1OCc1ccc(F)cc1. The Morgan fingerprint density at radius 3 is 2.75 bits per heavy atom. The lowest BCUT2D eigenvalue weighted by Gasteiger charge is -2.30. The summed E-state index contributed by atoms with van der Waals surface area (Å²) in [6, 6.07) is 11.1. The summed E-state index contributed by atoms with van der Waals surface area (Å²) in [5.41, 5.74) is 9.84. The molecule has 0 radical (unpaired) electrons. The maximum atomic E-state index is 13.0. The van der Waals surface area contributed by atoms with Crippen LogP contribution in [0.2, 0.25) is 0 Å². The third kappa shape index (κ3) is 5.10. The first-order valence-electron chi connectivity index (χ1n) is 8.71. The lowest BCUT2D eigenvalue weighted by atomic mass is 10.2. The summed E-state index contributed by atoms with van der Waals surface area (Å²) in [6.07, 6.45) is 1.28. The molecule has 1 aliphatic rings. The van der Waals surface area contributed by atoms with E-state index in [4.69, 9.17) is 9.47 Å². The monoisotopic (exact) mass is 387 g/mol. The van der Waals surface area contributed by atoms with Gasteiger partial charge in [-0.15, -0.1) is 0 Å². The molecule has 2 aromatic rings. The minimum atomic E-state index is -0.342. The van der Waals surface area contributed by atoms with E-state index in [9.17, 15) is 9.18 Å². The quantitative estimate of drug-likeness (QED) is 0.430. The predicted molar refractivity (Wildman–Crippen MR) is 103 cm³/mol. The topological polar surface area (TPSA) is 96.0 Å². The van der Waals surface area contributed by atoms with Crippen molar-refractivity contribution in [3.63, 3.8) is 0 Å². The van der Waals surface area contributed by atoms with Crippen LogP contribution in [0.5, 0.6) is 11.5 Å². The normalized spacial score (nSPS) is 19.0. The van der Waals surface area contributed by atoms with Gasteiger partial charge in [0.1, 0.15) is 18.6 Å². The van der Waals surface area contributed by atoms with Crippen molar-refractivity contribution >= 4 is 12.2 Å². The van der Waals surface area contributed by atoms with Crippen LogP contribution in [0.4, 0.5) is 9.18 Å². The van der Waals surface area contributed by atoms with Gasteiger partial charge in [0.15, 0.2) is 11.5 Å². The fourth-order valence-corrected chi connectivity index (χ4v) is 2.53. The van der Waals surface area contributed by atoms with E-state index in [2.05, 4.69) is 26.7 Å². The standard InChI is InChI=1S/C19H22FN5O3/c1-12-18(22-19(26)25-23-12)24-21-10-14-5-8-16(17(9-14)27-2)28-11-13-3-6-15(20)7-4-13/h3-10,12,18,23-24H,11H2,1-2H3,(H2,22,25,26)/b21-10+. The number of halogens is 1. The van der Waals surface area contributed by atoms with E-state index in [1.165, 1.54) is 12.1 Å². The predicted octanol–water partition coefficient (Wildman–Crippen LogP) is 1.87. The molecule has 0 saturated carbocycles. The van der Waals surface area contributed by atoms with E-state index in [-0.39, 0.29) is 24.1 Å². The van der Waals surface area contributed by atoms with Crippen molar-refractivity contribution in [2.75, 3.05) is 7.11 Å². The third-order valence-corrected chi connectivity index (χ3v) is 4.12. The van der Waals surface area contributed by atoms with Gasteiger partial charge in [0, 0.05) is 0 Å². The number of nitrogens with one attached hydrogen (secondary N) is 4. The summed E-state index contributed by atoms with van der Waals surface area (Å²) < 4.78 is 24.1. The molecule has 28 heavy (non-hydrogen) atoms. The largest absolute Gasteiger partial charge is 0.493 e. The van der Waals surface area contributed by atoms with Crippen LogP contribution in [0.3, 0.4) is 0 Å². The van der Waals surface area contributed by atoms with Gasteiger partial charge in [0.05, 0.1) is 19.4 Å². The second kappa shape index (κ2) is 9.05. The molecule has 2 atom stereocenters. The van der Waals surface area contributed by atoms with Gasteiger partial charge in [-0.05, 0) is 48.4 Å². The number of carbonyl (C=O) groups excluding carboxylic acids is 1. The van der Waals surface area contributed by atoms with Crippen molar-refractivity contribution in [1.82, 2.24) is 21.6 Å². The molecule has 1 saturated heterocycles. The molecule has 0 bridgehead atoms. The molecule has 2 amide bonds. The summed E-state index contributed by atoms with van der Waals surface area (Å²) in [5.74, 6) is 0.837. The Balaban J connectivity index is 1.60. The fraction of sp³-hybridized carbons (Fsp3) is 0.263. The number of benzene rings is 2. The molecule has 8 nitrogen and oxygen atoms in total. The second-order valence-electron chi connectivity index (χ2n) is 6.22. The molecule has 0 aromatic heterocycles. The zero-order valence-electron chi connectivity index (χ0n) is 15.5. The Morgan fingerprint density at radius 1 is 1.21 bits per heavy atom. The van der Waals surface area contributed by atoms with Crippen LogP contribution in [-0.4, -0.2) is 31.6 Å². The van der Waals surface area contributed by atoms with Crippen molar-refractivity contribution in [2.24, 2.45) is 5.10 Å². The summed E-state index contributed by atoms with van der Waals surface area (Å²) in [7, 11) is 1.55. The average Bonchev–Trinajstić information content (AvgIpc) is 2.70. The smallest absolute Gasteiger partial charge is 0.330 e. The number of rotatable bonds is 7. The number of hydrazone groups is 1. The van der Waals surface area contributed by atoms with E-state index >= 15 is 0 Å². The van der Waals surface area contributed by atoms with E-state index in [0.717, 1.165) is 11.1 Å². The lowest BCUT2D eigenvalue weighted by Crippen LogP contribution is -2.67. The minimum Gasteiger partial charge on any atom is -0.493 e. The second-order valence-corrected chi connectivity index (χ2v) is 6.22. The number of nitrogens with zero attached hydrogens (tertiary/aromatic N) is 1. The first kappa shape index (κ1) is 19.4. The molecule has 148 valence electrons. The minimum absolute atomic E-state index is 0.0494. The van der Waals surface area contributed by atoms with Gasteiger partial charge in [-0.1, -0.05) is 12.1 Å². The Kier molecular flexibility index (Phi) is 6.28. The van der Waals surface area contributed by atoms with Crippen molar-refractivity contribution in [1.29, 1.82) is 0 Å². The molecule has 2 aromatic carbocycles. The Hall–Kier alpha value is -3.33. The molecular formula is C19H22FN5O3. The van der Waals surface area contributed by atoms with Gasteiger partial charge in [0.25, 0.3) is 0 Å². The van der Waals surface area contributed by atoms with Crippen LogP contribution in [0.15, 0.2) is 47.6 Å². The van der Waals surface area contributed by atoms with E-state index in [0.29, 0.717) is 18.1 Å². The summed E-state index contributed by atoms with van der Waals surface area (Å²) in [6.45, 7) is 2.20. The average molecular weight is 387 g/mol. The van der Waals surface area contributed by atoms with Gasteiger partial charge < -0.3 is 14.8 Å². The molecule has 4 N–H and O–H groups in total. The number of hydrazine groups is 1. The van der Waals surface area contributed by atoms with Gasteiger partial charge >= 0.3 is 6.03 Å². The van der Waals surface area contributed by atoms with E-state index < -0.39 is 0 Å². The molecule has 2 unspecified atom stereocenters. The summed E-state index contributed by atoms with van der Waals surface area (Å²) in [5, 5.41) is 6.88. The van der Waals surface area contributed by atoms with Gasteiger partial charge in [-0.25, -0.2) is 14.6 Å². The molecule has 1 fully saturated rings. The van der Waals surface area contributed by atoms with Crippen LogP contribution < -0.4 is 31.1 Å². The number of hydrogen-bond acceptors (Lipinski definition) is 6. The van der Waals surface area contributed by atoms with Crippen molar-refractivity contribution in [3.8, 4) is 11.5 Å². The number of methoxy groups -OCH3 is 1. The molecule has 1 aliphatic heterocycles. The molecule has 1 heterocycles. The number of amides is 2. The van der Waals surface area contributed by atoms with Crippen LogP contribution in [0.1, 0.15) is 18.1 Å². The van der Waals surface area contributed by atoms with E-state index in [1.54, 1.807) is 37.6 Å². The highest BCUT2D eigenvalue weighted by Crippen LogP contribution is 2.28. The summed E-state index contributed by atoms with van der Waals surface area (Å²) in [4.78, 5) is 11.3. The number of carbonyl (C=O) groups is 1. The molecular weight excluding hydrogens is 365 g/mol. The Morgan fingerprint density at radius 2 is 2.00 bits per heavy atom. The molecule has 0 aliphatic carbocycles.